The summed E-state index contributed by atoms with van der Waals surface area (Å²) in [5, 5.41) is 13.3. The van der Waals surface area contributed by atoms with Gasteiger partial charge in [0.25, 0.3) is 0 Å². The zero-order chi connectivity index (χ0) is 21.3. The van der Waals surface area contributed by atoms with Gasteiger partial charge in [-0.15, -0.1) is 5.10 Å². The minimum absolute atomic E-state index is 0.0410. The van der Waals surface area contributed by atoms with Crippen molar-refractivity contribution in [3.05, 3.63) is 71.2 Å². The van der Waals surface area contributed by atoms with Crippen molar-refractivity contribution >= 4 is 56.6 Å². The smallest absolute Gasteiger partial charge is 0.240 e. The van der Waals surface area contributed by atoms with Gasteiger partial charge >= 0.3 is 0 Å². The third-order valence-electron chi connectivity index (χ3n) is 3.88. The van der Waals surface area contributed by atoms with Crippen LogP contribution in [0, 0.1) is 0 Å². The highest BCUT2D eigenvalue weighted by atomic mass is 79.9. The molecule has 1 fully saturated rings. The Morgan fingerprint density at radius 1 is 1.30 bits per heavy atom. The van der Waals surface area contributed by atoms with E-state index in [4.69, 9.17) is 4.74 Å². The molecule has 2 amide bonds. The van der Waals surface area contributed by atoms with E-state index in [2.05, 4.69) is 43.3 Å². The number of anilines is 1. The van der Waals surface area contributed by atoms with Crippen LogP contribution in [-0.2, 0) is 9.59 Å². The van der Waals surface area contributed by atoms with Gasteiger partial charge in [-0.1, -0.05) is 58.5 Å². The number of para-hydroxylation sites is 1. The summed E-state index contributed by atoms with van der Waals surface area (Å²) < 4.78 is 6.46. The molecular formula is C21H19BrN4O3S. The second-order valence-electron chi connectivity index (χ2n) is 6.15. The van der Waals surface area contributed by atoms with Crippen LogP contribution in [0.5, 0.6) is 5.75 Å². The van der Waals surface area contributed by atoms with Gasteiger partial charge in [0.05, 0.1) is 6.21 Å². The van der Waals surface area contributed by atoms with Crippen LogP contribution in [-0.4, -0.2) is 35.1 Å². The van der Waals surface area contributed by atoms with Gasteiger partial charge < -0.3 is 15.4 Å². The van der Waals surface area contributed by atoms with Crippen LogP contribution in [0.25, 0.3) is 0 Å². The third-order valence-corrected chi connectivity index (χ3v) is 5.44. The first-order valence-corrected chi connectivity index (χ1v) is 10.7. The Bertz CT molecular complexity index is 995. The van der Waals surface area contributed by atoms with Crippen LogP contribution in [0.1, 0.15) is 12.0 Å². The second-order valence-corrected chi connectivity index (χ2v) is 8.25. The fourth-order valence-corrected chi connectivity index (χ4v) is 3.84. The summed E-state index contributed by atoms with van der Waals surface area (Å²) >= 11 is 4.59. The average Bonchev–Trinajstić information content (AvgIpc) is 3.07. The molecule has 2 N–H and O–H groups in total. The van der Waals surface area contributed by atoms with Crippen LogP contribution in [0.2, 0.25) is 0 Å². The molecular weight excluding hydrogens is 468 g/mol. The van der Waals surface area contributed by atoms with Crippen LogP contribution in [0.3, 0.4) is 0 Å². The maximum Gasteiger partial charge on any atom is 0.240 e. The molecule has 9 heteroatoms. The largest absolute Gasteiger partial charge is 0.489 e. The third kappa shape index (κ3) is 6.30. The van der Waals surface area contributed by atoms with E-state index in [0.29, 0.717) is 23.2 Å². The Kier molecular flexibility index (Phi) is 7.81. The van der Waals surface area contributed by atoms with E-state index >= 15 is 0 Å². The topological polar surface area (TPSA) is 92.2 Å². The predicted octanol–water partition coefficient (Wildman–Crippen LogP) is 3.96. The lowest BCUT2D eigenvalue weighted by molar-refractivity contribution is -0.122. The molecule has 1 heterocycles. The molecule has 0 radical (unpaired) electrons. The predicted molar refractivity (Wildman–Crippen MR) is 124 cm³/mol. The monoisotopic (exact) mass is 486 g/mol. The number of benzene rings is 2. The molecule has 2 aromatic rings. The molecule has 0 aliphatic carbocycles. The van der Waals surface area contributed by atoms with Gasteiger partial charge in [0.15, 0.2) is 5.17 Å². The van der Waals surface area contributed by atoms with Gasteiger partial charge in [0.1, 0.15) is 17.6 Å². The molecule has 1 atom stereocenters. The van der Waals surface area contributed by atoms with Gasteiger partial charge in [-0.3, -0.25) is 9.59 Å². The molecule has 1 aliphatic rings. The Morgan fingerprint density at radius 3 is 2.87 bits per heavy atom. The van der Waals surface area contributed by atoms with Gasteiger partial charge in [0.2, 0.25) is 11.8 Å². The van der Waals surface area contributed by atoms with Crippen molar-refractivity contribution < 1.29 is 14.3 Å². The van der Waals surface area contributed by atoms with Crippen LogP contribution >= 0.6 is 27.7 Å². The number of hydrogen-bond acceptors (Lipinski definition) is 6. The fraction of sp³-hybridized carbons (Fsp3) is 0.143. The van der Waals surface area contributed by atoms with Crippen molar-refractivity contribution in [2.45, 2.75) is 11.7 Å². The molecule has 0 spiro atoms. The summed E-state index contributed by atoms with van der Waals surface area (Å²) in [6, 6.07) is 14.6. The van der Waals surface area contributed by atoms with E-state index < -0.39 is 5.25 Å². The Labute approximate surface area is 186 Å². The van der Waals surface area contributed by atoms with Gasteiger partial charge in [-0.25, -0.2) is 0 Å². The van der Waals surface area contributed by atoms with Crippen molar-refractivity contribution in [3.8, 4) is 5.75 Å². The van der Waals surface area contributed by atoms with E-state index in [1.165, 1.54) is 11.8 Å². The molecule has 7 nitrogen and oxygen atoms in total. The minimum Gasteiger partial charge on any atom is -0.489 e. The summed E-state index contributed by atoms with van der Waals surface area (Å²) in [6.45, 7) is 4.00. The lowest BCUT2D eigenvalue weighted by atomic mass is 10.2. The first-order valence-electron chi connectivity index (χ1n) is 9.02. The van der Waals surface area contributed by atoms with Crippen LogP contribution in [0.4, 0.5) is 5.69 Å². The molecule has 1 saturated heterocycles. The normalized spacial score (nSPS) is 17.2. The van der Waals surface area contributed by atoms with E-state index in [-0.39, 0.29) is 18.2 Å². The molecule has 30 heavy (non-hydrogen) atoms. The number of carbonyl (C=O) groups excluding carboxylic acids is 2. The van der Waals surface area contributed by atoms with Gasteiger partial charge in [-0.05, 0) is 30.3 Å². The zero-order valence-corrected chi connectivity index (χ0v) is 18.3. The molecule has 1 aliphatic heterocycles. The summed E-state index contributed by atoms with van der Waals surface area (Å²) in [5.41, 5.74) is 1.41. The van der Waals surface area contributed by atoms with Crippen molar-refractivity contribution in [1.82, 2.24) is 5.32 Å². The average molecular weight is 487 g/mol. The summed E-state index contributed by atoms with van der Waals surface area (Å²) in [6.07, 6.45) is 3.24. The quantitative estimate of drug-likeness (QED) is 0.335. The summed E-state index contributed by atoms with van der Waals surface area (Å²) in [4.78, 5) is 24.3. The maximum absolute atomic E-state index is 12.2. The lowest BCUT2D eigenvalue weighted by Gasteiger charge is -2.07. The van der Waals surface area contributed by atoms with Gasteiger partial charge in [-0.2, -0.15) is 5.10 Å². The molecule has 0 bridgehead atoms. The number of halogens is 1. The van der Waals surface area contributed by atoms with Gasteiger partial charge in [0, 0.05) is 22.1 Å². The summed E-state index contributed by atoms with van der Waals surface area (Å²) in [7, 11) is 0. The highest BCUT2D eigenvalue weighted by Gasteiger charge is 2.32. The second kappa shape index (κ2) is 10.7. The number of amidine groups is 1. The highest BCUT2D eigenvalue weighted by molar-refractivity contribution is 9.10. The van der Waals surface area contributed by atoms with E-state index in [1.807, 2.05) is 36.4 Å². The maximum atomic E-state index is 12.2. The summed E-state index contributed by atoms with van der Waals surface area (Å²) in [5.74, 6) is 0.131. The number of nitrogens with one attached hydrogen (secondary N) is 2. The fourth-order valence-electron chi connectivity index (χ4n) is 2.53. The molecule has 3 rings (SSSR count). The number of ether oxygens (including phenoxy) is 1. The van der Waals surface area contributed by atoms with Crippen LogP contribution in [0.15, 0.2) is 75.9 Å². The van der Waals surface area contributed by atoms with Crippen molar-refractivity contribution in [2.24, 2.45) is 10.2 Å². The zero-order valence-electron chi connectivity index (χ0n) is 15.9. The van der Waals surface area contributed by atoms with Crippen molar-refractivity contribution in [3.63, 3.8) is 0 Å². The Morgan fingerprint density at radius 2 is 2.10 bits per heavy atom. The standard InChI is InChI=1S/C21H19BrN4O3S/c1-2-10-29-17-9-8-15(22)11-14(17)13-23-26-21-25-20(28)18(30-21)12-19(27)24-16-6-4-3-5-7-16/h2-9,11,13,18H,1,10,12H2,(H,24,27)(H,25,26,28)/b23-13+. The molecule has 2 aromatic carbocycles. The van der Waals surface area contributed by atoms with E-state index in [1.54, 1.807) is 24.4 Å². The SMILES string of the molecule is C=CCOc1ccc(Br)cc1/C=N/N=C1\NC(=O)C(CC(=O)Nc2ccccc2)S1. The Balaban J connectivity index is 1.60. The first-order chi connectivity index (χ1) is 14.5. The number of rotatable bonds is 8. The highest BCUT2D eigenvalue weighted by Crippen LogP contribution is 2.24. The molecule has 154 valence electrons. The lowest BCUT2D eigenvalue weighted by Crippen LogP contribution is -2.28. The minimum atomic E-state index is -0.556. The number of nitrogens with zero attached hydrogens (tertiary/aromatic N) is 2. The van der Waals surface area contributed by atoms with Crippen molar-refractivity contribution in [2.75, 3.05) is 11.9 Å². The van der Waals surface area contributed by atoms with Crippen molar-refractivity contribution in [1.29, 1.82) is 0 Å². The first kappa shape index (κ1) is 21.8. The van der Waals surface area contributed by atoms with Crippen LogP contribution < -0.4 is 15.4 Å². The Hall–Kier alpha value is -2.91. The number of amides is 2. The number of thioether (sulfide) groups is 1. The molecule has 0 aromatic heterocycles. The number of carbonyl (C=O) groups is 2. The molecule has 0 saturated carbocycles. The number of hydrogen-bond donors (Lipinski definition) is 2. The van der Waals surface area contributed by atoms with E-state index in [0.717, 1.165) is 10.0 Å². The molecule has 1 unspecified atom stereocenters. The van der Waals surface area contributed by atoms with E-state index in [9.17, 15) is 9.59 Å².